The zero-order valence-corrected chi connectivity index (χ0v) is 7.61. The van der Waals surface area contributed by atoms with Gasteiger partial charge in [-0.15, -0.1) is 0 Å². The summed E-state index contributed by atoms with van der Waals surface area (Å²) in [5, 5.41) is 2.91. The minimum atomic E-state index is 0.580. The number of hydrogen-bond donors (Lipinski definition) is 2. The summed E-state index contributed by atoms with van der Waals surface area (Å²) >= 11 is 11.2. The molecule has 0 saturated carbocycles. The van der Waals surface area contributed by atoms with Crippen molar-refractivity contribution in [2.45, 2.75) is 6.54 Å². The molecule has 0 spiro atoms. The largest absolute Gasteiger partial charge is 0.329 e. The van der Waals surface area contributed by atoms with Gasteiger partial charge in [0.05, 0.1) is 6.54 Å². The number of aromatic amines is 1. The Hall–Kier alpha value is -0.0400. The summed E-state index contributed by atoms with van der Waals surface area (Å²) in [5.74, 6) is 0. The van der Waals surface area contributed by atoms with Crippen molar-refractivity contribution >= 4 is 35.8 Å². The quantitative estimate of drug-likeness (QED) is 0.696. The van der Waals surface area contributed by atoms with Crippen LogP contribution < -0.4 is 5.73 Å². The smallest absolute Gasteiger partial charge is 0.178 e. The maximum absolute atomic E-state index is 5.32. The van der Waals surface area contributed by atoms with Crippen molar-refractivity contribution in [3.05, 3.63) is 7.91 Å². The van der Waals surface area contributed by atoms with E-state index < -0.39 is 0 Å². The Bertz CT molecular complexity index is 306. The molecule has 0 fully saturated rings. The van der Waals surface area contributed by atoms with Gasteiger partial charge >= 0.3 is 0 Å². The molecule has 0 bridgehead atoms. The minimum Gasteiger partial charge on any atom is -0.329 e. The molecule has 0 radical (unpaired) electrons. The standard InChI is InChI=1S/C4H7N3S3/c5-1-2-7-4(9)10-3(8)6-7/h1-2,5H2,(H,6,8). The van der Waals surface area contributed by atoms with Crippen LogP contribution in [-0.2, 0) is 6.54 Å². The van der Waals surface area contributed by atoms with Gasteiger partial charge in [-0.05, 0) is 24.4 Å². The van der Waals surface area contributed by atoms with Crippen molar-refractivity contribution in [2.24, 2.45) is 5.73 Å². The maximum Gasteiger partial charge on any atom is 0.178 e. The van der Waals surface area contributed by atoms with Gasteiger partial charge in [-0.2, -0.15) is 0 Å². The second-order valence-electron chi connectivity index (χ2n) is 1.71. The zero-order valence-electron chi connectivity index (χ0n) is 5.16. The average molecular weight is 193 g/mol. The lowest BCUT2D eigenvalue weighted by Gasteiger charge is -1.95. The third-order valence-corrected chi connectivity index (χ3v) is 2.46. The molecular weight excluding hydrogens is 186 g/mol. The van der Waals surface area contributed by atoms with Gasteiger partial charge in [-0.3, -0.25) is 9.78 Å². The fourth-order valence-electron chi connectivity index (χ4n) is 0.589. The fraction of sp³-hybridized carbons (Fsp3) is 0.500. The number of hydrogen-bond acceptors (Lipinski definition) is 4. The molecule has 1 aromatic rings. The van der Waals surface area contributed by atoms with Crippen LogP contribution in [0, 0.1) is 7.91 Å². The van der Waals surface area contributed by atoms with Crippen molar-refractivity contribution in [3.63, 3.8) is 0 Å². The highest BCUT2D eigenvalue weighted by Gasteiger charge is 1.91. The van der Waals surface area contributed by atoms with Crippen LogP contribution in [0.25, 0.3) is 0 Å². The number of aromatic nitrogens is 2. The molecule has 0 saturated heterocycles. The summed E-state index contributed by atoms with van der Waals surface area (Å²) < 4.78 is 3.25. The summed E-state index contributed by atoms with van der Waals surface area (Å²) in [6.45, 7) is 1.29. The van der Waals surface area contributed by atoms with E-state index in [1.165, 1.54) is 11.3 Å². The summed E-state index contributed by atoms with van der Waals surface area (Å²) in [6, 6.07) is 0. The molecule has 0 aliphatic carbocycles. The predicted octanol–water partition coefficient (Wildman–Crippen LogP) is 1.30. The van der Waals surface area contributed by atoms with Gasteiger partial charge in [0.2, 0.25) is 0 Å². The molecule has 0 aromatic carbocycles. The molecule has 3 N–H and O–H groups in total. The third kappa shape index (κ3) is 1.72. The first kappa shape index (κ1) is 8.06. The topological polar surface area (TPSA) is 46.7 Å². The van der Waals surface area contributed by atoms with Crippen LogP contribution in [0.4, 0.5) is 0 Å². The second kappa shape index (κ2) is 3.38. The van der Waals surface area contributed by atoms with E-state index in [0.717, 1.165) is 3.95 Å². The van der Waals surface area contributed by atoms with Crippen LogP contribution in [0.3, 0.4) is 0 Å². The van der Waals surface area contributed by atoms with Crippen LogP contribution in [-0.4, -0.2) is 16.3 Å². The van der Waals surface area contributed by atoms with Crippen molar-refractivity contribution < 1.29 is 0 Å². The third-order valence-electron chi connectivity index (χ3n) is 0.979. The van der Waals surface area contributed by atoms with Crippen LogP contribution in [0.1, 0.15) is 0 Å². The lowest BCUT2D eigenvalue weighted by Crippen LogP contribution is -2.10. The normalized spacial score (nSPS) is 10.1. The number of rotatable bonds is 2. The van der Waals surface area contributed by atoms with Gasteiger partial charge in [-0.1, -0.05) is 11.3 Å². The van der Waals surface area contributed by atoms with Crippen LogP contribution in [0.15, 0.2) is 0 Å². The zero-order chi connectivity index (χ0) is 7.56. The second-order valence-corrected chi connectivity index (χ2v) is 4.02. The van der Waals surface area contributed by atoms with Crippen molar-refractivity contribution in [1.29, 1.82) is 0 Å². The number of nitrogens with two attached hydrogens (primary N) is 1. The predicted molar refractivity (Wildman–Crippen MR) is 47.4 cm³/mol. The molecule has 1 rings (SSSR count). The Kier molecular flexibility index (Phi) is 2.72. The first-order chi connectivity index (χ1) is 4.74. The Morgan fingerprint density at radius 1 is 1.60 bits per heavy atom. The lowest BCUT2D eigenvalue weighted by molar-refractivity contribution is 0.617. The molecule has 0 unspecified atom stereocenters. The highest BCUT2D eigenvalue weighted by atomic mass is 32.2. The maximum atomic E-state index is 5.32. The number of H-pyrrole nitrogens is 1. The van der Waals surface area contributed by atoms with Gasteiger partial charge in [0, 0.05) is 6.54 Å². The van der Waals surface area contributed by atoms with Gasteiger partial charge in [0.25, 0.3) is 0 Å². The summed E-state index contributed by atoms with van der Waals surface area (Å²) in [6.07, 6.45) is 0. The van der Waals surface area contributed by atoms with E-state index in [-0.39, 0.29) is 0 Å². The molecule has 6 heteroatoms. The first-order valence-electron chi connectivity index (χ1n) is 2.74. The molecule has 0 amide bonds. The van der Waals surface area contributed by atoms with Crippen molar-refractivity contribution in [1.82, 2.24) is 9.78 Å². The first-order valence-corrected chi connectivity index (χ1v) is 4.37. The van der Waals surface area contributed by atoms with E-state index in [4.69, 9.17) is 30.2 Å². The van der Waals surface area contributed by atoms with Crippen LogP contribution in [0.5, 0.6) is 0 Å². The van der Waals surface area contributed by atoms with E-state index in [0.29, 0.717) is 17.0 Å². The molecule has 10 heavy (non-hydrogen) atoms. The Labute approximate surface area is 72.5 Å². The molecule has 0 aliphatic rings. The highest BCUT2D eigenvalue weighted by molar-refractivity contribution is 7.75. The lowest BCUT2D eigenvalue weighted by atomic mass is 10.7. The SMILES string of the molecule is NCCn1[nH]c(=S)sc1=S. The van der Waals surface area contributed by atoms with E-state index >= 15 is 0 Å². The summed E-state index contributed by atoms with van der Waals surface area (Å²) in [4.78, 5) is 0. The summed E-state index contributed by atoms with van der Waals surface area (Å²) in [7, 11) is 0. The highest BCUT2D eigenvalue weighted by Crippen LogP contribution is 2.01. The molecular formula is C4H7N3S3. The van der Waals surface area contributed by atoms with Gasteiger partial charge in [0.1, 0.15) is 0 Å². The van der Waals surface area contributed by atoms with Crippen LogP contribution in [0.2, 0.25) is 0 Å². The molecule has 1 heterocycles. The van der Waals surface area contributed by atoms with E-state index in [1.807, 2.05) is 0 Å². The molecule has 56 valence electrons. The molecule has 0 atom stereocenters. The summed E-state index contributed by atoms with van der Waals surface area (Å²) in [5.41, 5.74) is 5.32. The van der Waals surface area contributed by atoms with Crippen molar-refractivity contribution in [2.75, 3.05) is 6.54 Å². The number of nitrogens with zero attached hydrogens (tertiary/aromatic N) is 1. The van der Waals surface area contributed by atoms with Gasteiger partial charge in [0.15, 0.2) is 7.91 Å². The van der Waals surface area contributed by atoms with Gasteiger partial charge < -0.3 is 5.73 Å². The average Bonchev–Trinajstić information content (AvgIpc) is 2.13. The fourth-order valence-corrected chi connectivity index (χ4v) is 2.04. The van der Waals surface area contributed by atoms with Crippen molar-refractivity contribution in [3.8, 4) is 0 Å². The van der Waals surface area contributed by atoms with E-state index in [1.54, 1.807) is 4.68 Å². The number of nitrogens with one attached hydrogen (secondary N) is 1. The minimum absolute atomic E-state index is 0.580. The van der Waals surface area contributed by atoms with E-state index in [2.05, 4.69) is 5.10 Å². The van der Waals surface area contributed by atoms with E-state index in [9.17, 15) is 0 Å². The monoisotopic (exact) mass is 193 g/mol. The molecule has 1 aromatic heterocycles. The Morgan fingerprint density at radius 2 is 2.30 bits per heavy atom. The van der Waals surface area contributed by atoms with Gasteiger partial charge in [-0.25, -0.2) is 0 Å². The molecule has 3 nitrogen and oxygen atoms in total. The van der Waals surface area contributed by atoms with Crippen LogP contribution >= 0.6 is 35.8 Å². The Balaban J connectivity index is 3.04. The molecule has 0 aliphatic heterocycles. The Morgan fingerprint density at radius 3 is 2.70 bits per heavy atom.